The summed E-state index contributed by atoms with van der Waals surface area (Å²) >= 11 is 0. The molecule has 9 heteroatoms. The highest BCUT2D eigenvalue weighted by Gasteiger charge is 2.74. The summed E-state index contributed by atoms with van der Waals surface area (Å²) in [5.74, 6) is -2.24. The van der Waals surface area contributed by atoms with Gasteiger partial charge in [0.2, 0.25) is 0 Å². The molecule has 0 spiro atoms. The van der Waals surface area contributed by atoms with Gasteiger partial charge >= 0.3 is 17.9 Å². The van der Waals surface area contributed by atoms with Crippen molar-refractivity contribution in [3.8, 4) is 0 Å². The van der Waals surface area contributed by atoms with Gasteiger partial charge in [0, 0.05) is 30.9 Å². The molecule has 244 valence electrons. The lowest BCUT2D eigenvalue weighted by Crippen LogP contribution is -2.72. The van der Waals surface area contributed by atoms with Gasteiger partial charge in [-0.25, -0.2) is 9.59 Å². The number of hydrogen-bond acceptors (Lipinski definition) is 8. The number of fused-ring (bicyclic) bond motifs is 5. The van der Waals surface area contributed by atoms with Gasteiger partial charge in [-0.3, -0.25) is 4.79 Å². The van der Waals surface area contributed by atoms with E-state index in [1.807, 2.05) is 6.92 Å². The quantitative estimate of drug-likeness (QED) is 0.247. The van der Waals surface area contributed by atoms with Crippen molar-refractivity contribution >= 4 is 17.9 Å². The molecular weight excluding hydrogens is 552 g/mol. The van der Waals surface area contributed by atoms with Gasteiger partial charge in [-0.2, -0.15) is 0 Å². The van der Waals surface area contributed by atoms with E-state index in [4.69, 9.17) is 14.2 Å². The summed E-state index contributed by atoms with van der Waals surface area (Å²) in [6.07, 6.45) is 1.97. The molecule has 4 saturated carbocycles. The SMILES string of the molecule is COCC(=O)OC1C2C(C)C(O)CCC2(C)C2CCC3/C(=C(\CCCC(C)C)C(=O)O)C(OC(C)=O)CC3(C)C2(C)C1O. The van der Waals surface area contributed by atoms with Crippen LogP contribution in [0, 0.1) is 45.8 Å². The summed E-state index contributed by atoms with van der Waals surface area (Å²) in [7, 11) is 1.42. The number of aliphatic carboxylic acids is 1. The summed E-state index contributed by atoms with van der Waals surface area (Å²) in [5, 5.41) is 33.9. The van der Waals surface area contributed by atoms with Gasteiger partial charge in [-0.15, -0.1) is 0 Å². The Balaban J connectivity index is 1.87. The second-order valence-electron chi connectivity index (χ2n) is 15.0. The molecule has 0 saturated heterocycles. The van der Waals surface area contributed by atoms with E-state index in [1.165, 1.54) is 14.0 Å². The first kappa shape index (κ1) is 33.9. The van der Waals surface area contributed by atoms with Crippen LogP contribution in [0.5, 0.6) is 0 Å². The van der Waals surface area contributed by atoms with E-state index in [-0.39, 0.29) is 35.7 Å². The highest BCUT2D eigenvalue weighted by atomic mass is 16.6. The smallest absolute Gasteiger partial charge is 0.332 e. The van der Waals surface area contributed by atoms with Crippen molar-refractivity contribution < 1.29 is 43.9 Å². The van der Waals surface area contributed by atoms with E-state index in [9.17, 15) is 29.7 Å². The number of hydrogen-bond donors (Lipinski definition) is 3. The molecule has 4 aliphatic carbocycles. The van der Waals surface area contributed by atoms with Crippen molar-refractivity contribution in [1.82, 2.24) is 0 Å². The van der Waals surface area contributed by atoms with Gasteiger partial charge in [-0.05, 0) is 85.0 Å². The highest BCUT2D eigenvalue weighted by molar-refractivity contribution is 5.88. The van der Waals surface area contributed by atoms with Crippen molar-refractivity contribution in [2.75, 3.05) is 13.7 Å². The Bertz CT molecular complexity index is 1120. The zero-order valence-corrected chi connectivity index (χ0v) is 27.4. The van der Waals surface area contributed by atoms with E-state index in [0.29, 0.717) is 42.7 Å². The number of aliphatic hydroxyl groups excluding tert-OH is 2. The van der Waals surface area contributed by atoms with Crippen LogP contribution in [0.25, 0.3) is 0 Å². The zero-order valence-electron chi connectivity index (χ0n) is 27.4. The molecule has 11 atom stereocenters. The third kappa shape index (κ3) is 5.56. The van der Waals surface area contributed by atoms with Crippen LogP contribution in [-0.4, -0.2) is 71.4 Å². The number of carboxylic acid groups (broad SMARTS) is 1. The predicted octanol–water partition coefficient (Wildman–Crippen LogP) is 4.91. The Morgan fingerprint density at radius 2 is 1.72 bits per heavy atom. The maximum Gasteiger partial charge on any atom is 0.332 e. The lowest BCUT2D eigenvalue weighted by atomic mass is 9.35. The number of rotatable bonds is 9. The van der Waals surface area contributed by atoms with Gasteiger partial charge in [0.25, 0.3) is 0 Å². The standard InChI is InChI=1S/C34H54O9/c1-18(2)10-9-11-21(31(39)40)27-22-12-13-25-32(5)15-14-23(36)19(3)28(32)29(43-26(37)17-41-8)30(38)34(25,7)33(22,6)16-24(27)42-20(4)35/h18-19,22-25,28-30,36,38H,9-17H2,1-8H3,(H,39,40)/b27-21-. The van der Waals surface area contributed by atoms with Gasteiger partial charge in [0.05, 0.1) is 12.2 Å². The monoisotopic (exact) mass is 606 g/mol. The molecule has 3 N–H and O–H groups in total. The van der Waals surface area contributed by atoms with E-state index in [2.05, 4.69) is 34.6 Å². The average Bonchev–Trinajstić information content (AvgIpc) is 3.19. The number of methoxy groups -OCH3 is 1. The molecule has 0 aliphatic heterocycles. The van der Waals surface area contributed by atoms with Crippen molar-refractivity contribution in [1.29, 1.82) is 0 Å². The molecule has 0 bridgehead atoms. The van der Waals surface area contributed by atoms with Gasteiger partial charge in [0.1, 0.15) is 18.8 Å². The van der Waals surface area contributed by atoms with Gasteiger partial charge in [0.15, 0.2) is 0 Å². The largest absolute Gasteiger partial charge is 0.478 e. The normalized spacial score (nSPS) is 43.3. The lowest BCUT2D eigenvalue weighted by Gasteiger charge is -2.70. The maximum atomic E-state index is 12.9. The Kier molecular flexibility index (Phi) is 9.81. The summed E-state index contributed by atoms with van der Waals surface area (Å²) < 4.78 is 17.0. The lowest BCUT2D eigenvalue weighted by molar-refractivity contribution is -0.289. The van der Waals surface area contributed by atoms with Gasteiger partial charge < -0.3 is 29.5 Å². The zero-order chi connectivity index (χ0) is 32.1. The van der Waals surface area contributed by atoms with Crippen LogP contribution in [0.1, 0.15) is 99.8 Å². The molecule has 43 heavy (non-hydrogen) atoms. The maximum absolute atomic E-state index is 12.9. The fraction of sp³-hybridized carbons (Fsp3) is 0.853. The van der Waals surface area contributed by atoms with Crippen molar-refractivity contribution in [2.24, 2.45) is 45.8 Å². The van der Waals surface area contributed by atoms with Crippen LogP contribution in [0.2, 0.25) is 0 Å². The first-order chi connectivity index (χ1) is 20.0. The molecule has 4 rings (SSSR count). The van der Waals surface area contributed by atoms with E-state index >= 15 is 0 Å². The summed E-state index contributed by atoms with van der Waals surface area (Å²) in [6, 6.07) is 0. The topological polar surface area (TPSA) is 140 Å². The summed E-state index contributed by atoms with van der Waals surface area (Å²) in [5.41, 5.74) is -0.788. The minimum absolute atomic E-state index is 0.0140. The second kappa shape index (κ2) is 12.4. The highest BCUT2D eigenvalue weighted by Crippen LogP contribution is 2.74. The minimum Gasteiger partial charge on any atom is -0.478 e. The average molecular weight is 607 g/mol. The molecule has 0 heterocycles. The first-order valence-corrected chi connectivity index (χ1v) is 16.2. The molecule has 0 amide bonds. The number of carboxylic acids is 1. The number of carbonyl (C=O) groups excluding carboxylic acids is 2. The van der Waals surface area contributed by atoms with Crippen LogP contribution >= 0.6 is 0 Å². The van der Waals surface area contributed by atoms with E-state index in [1.54, 1.807) is 0 Å². The van der Waals surface area contributed by atoms with E-state index < -0.39 is 53.2 Å². The Hall–Kier alpha value is -1.97. The molecule has 4 aliphatic rings. The molecule has 4 fully saturated rings. The Morgan fingerprint density at radius 1 is 1.05 bits per heavy atom. The van der Waals surface area contributed by atoms with Crippen LogP contribution < -0.4 is 0 Å². The van der Waals surface area contributed by atoms with Crippen molar-refractivity contribution in [3.05, 3.63) is 11.1 Å². The van der Waals surface area contributed by atoms with E-state index in [0.717, 1.165) is 25.7 Å². The molecule has 0 aromatic carbocycles. The number of esters is 2. The third-order valence-electron chi connectivity index (χ3n) is 12.4. The molecule has 11 unspecified atom stereocenters. The Morgan fingerprint density at radius 3 is 2.30 bits per heavy atom. The molecule has 0 radical (unpaired) electrons. The van der Waals surface area contributed by atoms with Crippen molar-refractivity contribution in [2.45, 2.75) is 124 Å². The molecular formula is C34H54O9. The molecule has 0 aromatic rings. The van der Waals surface area contributed by atoms with Crippen LogP contribution in [0.15, 0.2) is 11.1 Å². The number of aliphatic hydroxyl groups is 2. The number of ether oxygens (including phenoxy) is 3. The first-order valence-electron chi connectivity index (χ1n) is 16.2. The molecule has 0 aromatic heterocycles. The summed E-state index contributed by atoms with van der Waals surface area (Å²) in [6.45, 7) is 13.7. The fourth-order valence-electron chi connectivity index (χ4n) is 10.4. The molecule has 9 nitrogen and oxygen atoms in total. The van der Waals surface area contributed by atoms with Crippen LogP contribution in [0.4, 0.5) is 0 Å². The summed E-state index contributed by atoms with van der Waals surface area (Å²) in [4.78, 5) is 38.1. The van der Waals surface area contributed by atoms with Gasteiger partial charge in [-0.1, -0.05) is 48.0 Å². The Labute approximate surface area is 256 Å². The predicted molar refractivity (Wildman–Crippen MR) is 160 cm³/mol. The van der Waals surface area contributed by atoms with Crippen molar-refractivity contribution in [3.63, 3.8) is 0 Å². The second-order valence-corrected chi connectivity index (χ2v) is 15.0. The third-order valence-corrected chi connectivity index (χ3v) is 12.4. The fourth-order valence-corrected chi connectivity index (χ4v) is 10.4. The van der Waals surface area contributed by atoms with Crippen LogP contribution in [0.3, 0.4) is 0 Å². The minimum atomic E-state index is -1.08. The van der Waals surface area contributed by atoms with Crippen LogP contribution in [-0.2, 0) is 28.6 Å². The number of carbonyl (C=O) groups is 3.